The van der Waals surface area contributed by atoms with Gasteiger partial charge in [0.1, 0.15) is 11.3 Å². The number of non-ortho nitro benzene ring substituents is 1. The van der Waals surface area contributed by atoms with Crippen LogP contribution < -0.4 is 19.7 Å². The third kappa shape index (κ3) is 6.33. The molecule has 1 aliphatic rings. The maximum absolute atomic E-state index is 13.3. The highest BCUT2D eigenvalue weighted by Crippen LogP contribution is 2.35. The van der Waals surface area contributed by atoms with Crippen molar-refractivity contribution in [2.75, 3.05) is 12.0 Å². The quantitative estimate of drug-likeness (QED) is 0.0877. The molecule has 11 nitrogen and oxygen atoms in total. The first kappa shape index (κ1) is 28.4. The zero-order chi connectivity index (χ0) is 29.0. The first-order valence-corrected chi connectivity index (χ1v) is 12.8. The molecule has 4 amide bonds. The number of amides is 4. The minimum absolute atomic E-state index is 0.00236. The molecular weight excluding hydrogens is 654 g/mol. The van der Waals surface area contributed by atoms with Crippen LogP contribution in [0.5, 0.6) is 11.5 Å². The molecule has 0 atom stereocenters. The van der Waals surface area contributed by atoms with Gasteiger partial charge in [-0.25, -0.2) is 14.5 Å². The molecule has 0 saturated carbocycles. The molecule has 4 rings (SSSR count). The van der Waals surface area contributed by atoms with Gasteiger partial charge in [-0.3, -0.25) is 25.0 Å². The number of carbonyl (C=O) groups is 4. The summed E-state index contributed by atoms with van der Waals surface area (Å²) in [6.07, 6.45) is 3.74. The van der Waals surface area contributed by atoms with E-state index in [9.17, 15) is 29.3 Å². The van der Waals surface area contributed by atoms with Crippen LogP contribution in [0.3, 0.4) is 0 Å². The number of nitro benzene ring substituents is 1. The molecule has 1 fully saturated rings. The molecule has 0 unspecified atom stereocenters. The number of carbonyl (C=O) groups excluding carboxylic acids is 4. The Morgan fingerprint density at radius 1 is 1.02 bits per heavy atom. The molecule has 0 aromatic heterocycles. The van der Waals surface area contributed by atoms with E-state index in [1.165, 1.54) is 61.7 Å². The van der Waals surface area contributed by atoms with E-state index < -0.39 is 28.7 Å². The number of rotatable bonds is 7. The largest absolute Gasteiger partial charge is 0.497 e. The predicted octanol–water partition coefficient (Wildman–Crippen LogP) is 5.41. The van der Waals surface area contributed by atoms with Crippen LogP contribution in [0.1, 0.15) is 11.1 Å². The maximum Gasteiger partial charge on any atom is 0.336 e. The molecule has 1 N–H and O–H groups in total. The highest BCUT2D eigenvalue weighted by Gasteiger charge is 2.37. The third-order valence-electron chi connectivity index (χ3n) is 5.49. The van der Waals surface area contributed by atoms with E-state index in [2.05, 4.69) is 37.2 Å². The van der Waals surface area contributed by atoms with Crippen LogP contribution in [0.15, 0.2) is 81.3 Å². The van der Waals surface area contributed by atoms with Gasteiger partial charge < -0.3 is 9.47 Å². The number of barbiturate groups is 1. The minimum atomic E-state index is -0.925. The number of nitro groups is 1. The maximum atomic E-state index is 13.3. The molecule has 3 aromatic carbocycles. The fourth-order valence-corrected chi connectivity index (χ4v) is 4.92. The Morgan fingerprint density at radius 2 is 1.70 bits per heavy atom. The number of nitrogens with zero attached hydrogens (tertiary/aromatic N) is 2. The van der Waals surface area contributed by atoms with Crippen molar-refractivity contribution in [3.8, 4) is 11.5 Å². The number of urea groups is 1. The lowest BCUT2D eigenvalue weighted by atomic mass is 10.1. The molecule has 0 aliphatic carbocycles. The minimum Gasteiger partial charge on any atom is -0.497 e. The van der Waals surface area contributed by atoms with Gasteiger partial charge in [-0.15, -0.1) is 0 Å². The summed E-state index contributed by atoms with van der Waals surface area (Å²) >= 11 is 6.66. The number of halogens is 2. The van der Waals surface area contributed by atoms with E-state index in [1.54, 1.807) is 18.2 Å². The summed E-state index contributed by atoms with van der Waals surface area (Å²) in [7, 11) is 1.47. The summed E-state index contributed by atoms with van der Waals surface area (Å²) in [6.45, 7) is 0. The molecule has 13 heteroatoms. The van der Waals surface area contributed by atoms with Gasteiger partial charge in [-0.2, -0.15) is 0 Å². The van der Waals surface area contributed by atoms with Gasteiger partial charge in [-0.05, 0) is 82.2 Å². The first-order valence-electron chi connectivity index (χ1n) is 11.3. The van der Waals surface area contributed by atoms with Gasteiger partial charge in [-0.1, -0.05) is 15.9 Å². The molecule has 0 spiro atoms. The van der Waals surface area contributed by atoms with Crippen molar-refractivity contribution in [2.45, 2.75) is 0 Å². The van der Waals surface area contributed by atoms with Crippen LogP contribution >= 0.6 is 31.9 Å². The number of benzene rings is 3. The molecule has 1 aliphatic heterocycles. The average Bonchev–Trinajstić information content (AvgIpc) is 2.92. The third-order valence-corrected chi connectivity index (χ3v) is 6.53. The van der Waals surface area contributed by atoms with Crippen molar-refractivity contribution in [1.82, 2.24) is 5.32 Å². The van der Waals surface area contributed by atoms with E-state index >= 15 is 0 Å². The smallest absolute Gasteiger partial charge is 0.336 e. The van der Waals surface area contributed by atoms with Crippen molar-refractivity contribution in [2.24, 2.45) is 0 Å². The van der Waals surface area contributed by atoms with Gasteiger partial charge in [0.2, 0.25) is 0 Å². The number of hydrogen-bond donors (Lipinski definition) is 1. The first-order chi connectivity index (χ1) is 19.1. The summed E-state index contributed by atoms with van der Waals surface area (Å²) in [5.41, 5.74) is 0.442. The van der Waals surface area contributed by atoms with Crippen LogP contribution in [-0.2, 0) is 14.4 Å². The fraction of sp³-hybridized carbons (Fsp3) is 0.0370. The number of methoxy groups -OCH3 is 1. The van der Waals surface area contributed by atoms with Crippen LogP contribution in [0, 0.1) is 10.1 Å². The standard InChI is InChI=1S/C27H17Br2N3O8/c1-39-20-9-7-18(8-10-20)31-26(35)21(25(34)30-27(31)36)13-16-12-17(28)14-22(29)24(16)40-23(33)11-4-15-2-5-19(6-3-15)32(37)38/h2-14H,1H3,(H,30,34,36)/b11-4+,21-13-. The fourth-order valence-electron chi connectivity index (χ4n) is 3.58. The molecule has 0 radical (unpaired) electrons. The van der Waals surface area contributed by atoms with E-state index in [0.717, 1.165) is 11.0 Å². The zero-order valence-corrected chi connectivity index (χ0v) is 23.6. The lowest BCUT2D eigenvalue weighted by Gasteiger charge is -2.26. The number of ether oxygens (including phenoxy) is 2. The summed E-state index contributed by atoms with van der Waals surface area (Å²) in [5, 5.41) is 13.0. The van der Waals surface area contributed by atoms with Gasteiger partial charge in [0, 0.05) is 28.2 Å². The summed E-state index contributed by atoms with van der Waals surface area (Å²) in [6, 6.07) is 13.8. The average molecular weight is 671 g/mol. The van der Waals surface area contributed by atoms with Crippen molar-refractivity contribution in [1.29, 1.82) is 0 Å². The Kier molecular flexibility index (Phi) is 8.55. The Morgan fingerprint density at radius 3 is 2.33 bits per heavy atom. The van der Waals surface area contributed by atoms with Crippen molar-refractivity contribution in [3.63, 3.8) is 0 Å². The summed E-state index contributed by atoms with van der Waals surface area (Å²) in [4.78, 5) is 62.2. The summed E-state index contributed by atoms with van der Waals surface area (Å²) in [5.74, 6) is -2.09. The topological polar surface area (TPSA) is 145 Å². The highest BCUT2D eigenvalue weighted by atomic mass is 79.9. The van der Waals surface area contributed by atoms with Crippen molar-refractivity contribution < 1.29 is 33.6 Å². The van der Waals surface area contributed by atoms with Crippen molar-refractivity contribution >= 4 is 79.2 Å². The van der Waals surface area contributed by atoms with Gasteiger partial charge in [0.25, 0.3) is 17.5 Å². The SMILES string of the molecule is COc1ccc(N2C(=O)NC(=O)/C(=C/c3cc(Br)cc(Br)c3OC(=O)/C=C/c3ccc([N+](=O)[O-])cc3)C2=O)cc1. The normalized spacial score (nSPS) is 14.4. The summed E-state index contributed by atoms with van der Waals surface area (Å²) < 4.78 is 11.5. The van der Waals surface area contributed by atoms with Crippen LogP contribution in [0.4, 0.5) is 16.2 Å². The van der Waals surface area contributed by atoms with E-state index in [4.69, 9.17) is 9.47 Å². The van der Waals surface area contributed by atoms with Crippen LogP contribution in [-0.4, -0.2) is 35.8 Å². The zero-order valence-electron chi connectivity index (χ0n) is 20.4. The Labute approximate surface area is 243 Å². The Balaban J connectivity index is 1.64. The second-order valence-corrected chi connectivity index (χ2v) is 9.83. The predicted molar refractivity (Wildman–Crippen MR) is 152 cm³/mol. The van der Waals surface area contributed by atoms with Gasteiger partial charge >= 0.3 is 12.0 Å². The van der Waals surface area contributed by atoms with Crippen molar-refractivity contribution in [3.05, 3.63) is 102 Å². The number of hydrogen-bond acceptors (Lipinski definition) is 8. The monoisotopic (exact) mass is 669 g/mol. The molecule has 1 saturated heterocycles. The van der Waals surface area contributed by atoms with Crippen LogP contribution in [0.25, 0.3) is 12.2 Å². The second kappa shape index (κ2) is 12.1. The molecule has 202 valence electrons. The van der Waals surface area contributed by atoms with Gasteiger partial charge in [0.05, 0.1) is 22.2 Å². The molecule has 3 aromatic rings. The molecular formula is C27H17Br2N3O8. The van der Waals surface area contributed by atoms with Gasteiger partial charge in [0.15, 0.2) is 5.75 Å². The van der Waals surface area contributed by atoms with E-state index in [0.29, 0.717) is 20.3 Å². The van der Waals surface area contributed by atoms with E-state index in [1.807, 2.05) is 0 Å². The number of nitrogens with one attached hydrogen (secondary N) is 1. The number of esters is 1. The number of anilines is 1. The molecule has 1 heterocycles. The highest BCUT2D eigenvalue weighted by molar-refractivity contribution is 9.11. The Hall–Kier alpha value is -4.62. The molecule has 40 heavy (non-hydrogen) atoms. The number of imide groups is 2. The van der Waals surface area contributed by atoms with E-state index in [-0.39, 0.29) is 28.3 Å². The lowest BCUT2D eigenvalue weighted by molar-refractivity contribution is -0.384. The lowest BCUT2D eigenvalue weighted by Crippen LogP contribution is -2.54. The second-order valence-electron chi connectivity index (χ2n) is 8.06. The molecule has 0 bridgehead atoms. The Bertz CT molecular complexity index is 1600. The van der Waals surface area contributed by atoms with Crippen LogP contribution in [0.2, 0.25) is 0 Å².